The third-order valence-electron chi connectivity index (χ3n) is 21.5. The summed E-state index contributed by atoms with van der Waals surface area (Å²) in [5, 5.41) is 97.8. The molecule has 5 aliphatic heterocycles. The Hall–Kier alpha value is -9.50. The number of carbonyl (C=O) groups excluding carboxylic acids is 2. The largest absolute Gasteiger partial charge is 0.462 e. The fourth-order valence-corrected chi connectivity index (χ4v) is 16.2. The minimum atomic E-state index is -1.77. The Morgan fingerprint density at radius 1 is 0.523 bits per heavy atom. The number of ether oxygens (including phenoxy) is 6. The monoisotopic (exact) mass is 1610 g/mol. The maximum atomic E-state index is 11.5. The summed E-state index contributed by atoms with van der Waals surface area (Å²) in [7, 11) is 1.49. The molecular weight excluding hydrogens is 1520 g/mol. The summed E-state index contributed by atoms with van der Waals surface area (Å²) in [6.07, 6.45) is 13.2. The molecule has 0 amide bonds. The van der Waals surface area contributed by atoms with E-state index in [-0.39, 0.29) is 49.1 Å². The van der Waals surface area contributed by atoms with Gasteiger partial charge in [-0.1, -0.05) is 67.1 Å². The van der Waals surface area contributed by atoms with E-state index in [2.05, 4.69) is 101 Å². The number of esters is 2. The van der Waals surface area contributed by atoms with Crippen LogP contribution < -0.4 is 0 Å². The Morgan fingerprint density at radius 3 is 1.39 bits per heavy atom. The molecule has 0 radical (unpaired) electrons. The molecule has 13 rings (SSSR count). The van der Waals surface area contributed by atoms with E-state index in [0.29, 0.717) is 23.5 Å². The van der Waals surface area contributed by atoms with Crippen molar-refractivity contribution in [1.82, 2.24) is 58.4 Å². The maximum absolute atomic E-state index is 11.5. The van der Waals surface area contributed by atoms with Gasteiger partial charge in [0.2, 0.25) is 17.2 Å². The van der Waals surface area contributed by atoms with Crippen LogP contribution in [0.25, 0.3) is 74.3 Å². The second-order valence-corrected chi connectivity index (χ2v) is 29.9. The number of aliphatic hydroxyl groups excluding tert-OH is 4. The lowest BCUT2D eigenvalue weighted by molar-refractivity contribution is -0.249. The Labute approximate surface area is 652 Å². The zero-order valence-corrected chi connectivity index (χ0v) is 66.7. The fourth-order valence-electron chi connectivity index (χ4n) is 14.1. The first-order valence-corrected chi connectivity index (χ1v) is 39.2. The quantitative estimate of drug-likeness (QED) is 0.0175. The van der Waals surface area contributed by atoms with Gasteiger partial charge < -0.3 is 54.0 Å². The molecule has 5 saturated heterocycles. The standard InChI is InChI=1S/C15H17N7O2S.C15H20N6O3S.C15H20N6O2S.C8H13N3O2.C7H7N3S.C6H9N3O4/c1-9-11(6-23)24-15(7-16,14(9,2)20-21-17)12-5-4-10-13(25-3)18-8-19-22(10)12;1-9-11(7-22)24-15(23-3,14(9,2)19-20-16)12-6-5-10-13(25-4)17-8-18-21(10)12;1-5-11-9(2)14(3,19-20-16)15(22,23-11)12-7-6-10-13(24-4)17-8-18-21(10)12;1-4-6-5(2)8(3,10-11-9)7(12)13-6;1-11-7-6-3-2-4-10(6)9-5-8-7;1-6(8-9-7)4(11)3(2-10)13-5(6)12/h4-5,8-9,11,23H,6H2,1-3H3;5-6,8-9,11,22H,7H2,1-4H3;6-9,11,22H,5H2,1-4H3;5-6H,4H2,1-3H3;2-5H,1H3;3-4,10-11H,2H2,1H3/t3*9-,11-,14-,15?;5-,6-,8-;;3-,4-,6-/m1111.1/s1. The van der Waals surface area contributed by atoms with Crippen LogP contribution in [0.4, 0.5) is 0 Å². The number of rotatable bonds is 18. The van der Waals surface area contributed by atoms with Crippen molar-refractivity contribution in [3.05, 3.63) is 149 Å². The highest BCUT2D eigenvalue weighted by Gasteiger charge is 2.67. The van der Waals surface area contributed by atoms with E-state index in [1.165, 1.54) is 68.3 Å². The predicted molar refractivity (Wildman–Crippen MR) is 406 cm³/mol. The second-order valence-electron chi connectivity index (χ2n) is 26.7. The molecular formula is C66H86N28O13S4. The molecule has 45 heteroatoms. The molecule has 0 spiro atoms. The Balaban J connectivity index is 0.000000172. The molecule has 0 bridgehead atoms. The van der Waals surface area contributed by atoms with Gasteiger partial charge in [0.25, 0.3) is 0 Å². The number of hydrogen-bond acceptors (Lipinski definition) is 31. The average molecular weight is 1610 g/mol. The second kappa shape index (κ2) is 35.9. The molecule has 3 unspecified atom stereocenters. The molecule has 0 aliphatic carbocycles. The SMILES string of the molecule is CC[C@H]1OC(=O)[C@](C)(N=[N+]=[N-])[C@@H]1C.CC[C@H]1OC(O)(c2ccc3c(SC)ncnn23)[C@](C)(N=[N+]=[N-])[C@@H]1C.COC1(c2ccc3c(SC)ncnn23)O[C@H](CO)[C@@H](C)[C@@]1(C)N=[N+]=[N-].CSc1ncnn2c(C3(C#N)O[C@H](CO)[C@@H](C)[C@@]3(C)N=[N+]=[N-])ccc12.CSc1ncnn2cccc12.C[C@]1(N=[N+]=[N-])C(=O)O[C@H](CO)[C@H]1O. The molecule has 5 aliphatic rings. The highest BCUT2D eigenvalue weighted by molar-refractivity contribution is 7.99. The van der Waals surface area contributed by atoms with Gasteiger partial charge in [-0.15, -0.1) is 47.0 Å². The average Bonchev–Trinajstić information content (AvgIpc) is 1.56. The summed E-state index contributed by atoms with van der Waals surface area (Å²) >= 11 is 6.08. The molecule has 8 aromatic heterocycles. The molecule has 8 aromatic rings. The number of aromatic nitrogens is 12. The van der Waals surface area contributed by atoms with Crippen molar-refractivity contribution >= 4 is 81.1 Å². The number of methoxy groups -OCH3 is 1. The number of carbonyl (C=O) groups is 2. The predicted octanol–water partition coefficient (Wildman–Crippen LogP) is 10.5. The molecule has 5 N–H and O–H groups in total. The molecule has 0 saturated carbocycles. The zero-order chi connectivity index (χ0) is 81.8. The van der Waals surface area contributed by atoms with E-state index in [1.807, 2.05) is 101 Å². The molecule has 5 fully saturated rings. The van der Waals surface area contributed by atoms with Crippen molar-refractivity contribution in [3.63, 3.8) is 0 Å². The van der Waals surface area contributed by atoms with Gasteiger partial charge in [-0.3, -0.25) is 9.59 Å². The van der Waals surface area contributed by atoms with Crippen LogP contribution in [0.15, 0.2) is 126 Å². The van der Waals surface area contributed by atoms with E-state index < -0.39 is 87.8 Å². The van der Waals surface area contributed by atoms with Crippen LogP contribution in [0.1, 0.15) is 106 Å². The van der Waals surface area contributed by atoms with Crippen molar-refractivity contribution in [3.8, 4) is 6.07 Å². The minimum absolute atomic E-state index is 0.0547. The van der Waals surface area contributed by atoms with Gasteiger partial charge in [0, 0.05) is 49.7 Å². The van der Waals surface area contributed by atoms with Gasteiger partial charge in [-0.2, -0.15) is 25.7 Å². The normalized spacial score (nSPS) is 31.5. The zero-order valence-electron chi connectivity index (χ0n) is 63.5. The number of hydrogen-bond donors (Lipinski definition) is 5. The molecule has 592 valence electrons. The lowest BCUT2D eigenvalue weighted by Crippen LogP contribution is -2.49. The third kappa shape index (κ3) is 15.2. The first kappa shape index (κ1) is 87.1. The summed E-state index contributed by atoms with van der Waals surface area (Å²) in [6.45, 7) is 18.4. The fraction of sp³-hybridized carbons (Fsp3) is 0.591. The van der Waals surface area contributed by atoms with Crippen LogP contribution in [-0.2, 0) is 55.2 Å². The minimum Gasteiger partial charge on any atom is -0.462 e. The summed E-state index contributed by atoms with van der Waals surface area (Å²) < 4.78 is 40.3. The summed E-state index contributed by atoms with van der Waals surface area (Å²) in [6, 6.07) is 17.0. The van der Waals surface area contributed by atoms with Gasteiger partial charge in [-0.25, -0.2) is 38.0 Å². The number of cyclic esters (lactones) is 2. The van der Waals surface area contributed by atoms with Crippen molar-refractivity contribution < 1.29 is 63.5 Å². The van der Waals surface area contributed by atoms with Crippen LogP contribution in [-0.4, -0.2) is 212 Å². The van der Waals surface area contributed by atoms with Crippen molar-refractivity contribution in [2.24, 2.45) is 49.2 Å². The molecule has 111 heavy (non-hydrogen) atoms. The van der Waals surface area contributed by atoms with Crippen molar-refractivity contribution in [2.75, 3.05) is 52.0 Å². The van der Waals surface area contributed by atoms with Crippen LogP contribution in [0.5, 0.6) is 0 Å². The topological polar surface area (TPSA) is 579 Å². The Morgan fingerprint density at radius 2 is 0.928 bits per heavy atom. The van der Waals surface area contributed by atoms with E-state index in [4.69, 9.17) is 56.4 Å². The first-order chi connectivity index (χ1) is 52.9. The summed E-state index contributed by atoms with van der Waals surface area (Å²) in [5.41, 5.74) is 40.9. The van der Waals surface area contributed by atoms with Gasteiger partial charge in [0.1, 0.15) is 91.7 Å². The van der Waals surface area contributed by atoms with Gasteiger partial charge >= 0.3 is 11.9 Å². The third-order valence-corrected chi connectivity index (χ3v) is 24.3. The number of nitrogens with zero attached hydrogens (tertiary/aromatic N) is 28. The summed E-state index contributed by atoms with van der Waals surface area (Å²) in [5.74, 6) is -5.25. The molecule has 0 aromatic carbocycles. The van der Waals surface area contributed by atoms with Gasteiger partial charge in [0.15, 0.2) is 11.6 Å². The highest BCUT2D eigenvalue weighted by Crippen LogP contribution is 2.56. The maximum Gasteiger partial charge on any atom is 0.321 e. The van der Waals surface area contributed by atoms with E-state index in [0.717, 1.165) is 48.6 Å². The van der Waals surface area contributed by atoms with Crippen LogP contribution in [0, 0.1) is 35.0 Å². The number of nitriles is 1. The Kier molecular flexibility index (Phi) is 28.2. The molecule has 41 nitrogen and oxygen atoms in total. The van der Waals surface area contributed by atoms with E-state index in [9.17, 15) is 35.3 Å². The summed E-state index contributed by atoms with van der Waals surface area (Å²) in [4.78, 5) is 53.4. The number of azide groups is 5. The Bertz CT molecular complexity index is 4930. The number of fused-ring (bicyclic) bond motifs is 4. The molecule has 18 atom stereocenters. The van der Waals surface area contributed by atoms with Crippen LogP contribution in [0.3, 0.4) is 0 Å². The lowest BCUT2D eigenvalue weighted by Gasteiger charge is -2.38. The highest BCUT2D eigenvalue weighted by atomic mass is 32.2. The van der Waals surface area contributed by atoms with Gasteiger partial charge in [-0.05, 0) is 161 Å². The van der Waals surface area contributed by atoms with Gasteiger partial charge in [0.05, 0.1) is 71.4 Å². The molecule has 13 heterocycles. The van der Waals surface area contributed by atoms with Crippen molar-refractivity contribution in [2.45, 2.75) is 191 Å². The van der Waals surface area contributed by atoms with Crippen LogP contribution >= 0.6 is 47.0 Å². The van der Waals surface area contributed by atoms with E-state index in [1.54, 1.807) is 84.5 Å². The number of thioether (sulfide) groups is 4. The van der Waals surface area contributed by atoms with Crippen LogP contribution in [0.2, 0.25) is 0 Å². The van der Waals surface area contributed by atoms with Crippen molar-refractivity contribution in [1.29, 1.82) is 5.26 Å². The lowest BCUT2D eigenvalue weighted by atomic mass is 9.73. The first-order valence-electron chi connectivity index (χ1n) is 34.3. The number of aliphatic hydroxyl groups is 5. The smallest absolute Gasteiger partial charge is 0.321 e. The van der Waals surface area contributed by atoms with E-state index >= 15 is 0 Å².